The molecule has 1 N–H and O–H groups in total. The molecule has 0 spiro atoms. The first-order chi connectivity index (χ1) is 9.49. The monoisotopic (exact) mass is 311 g/mol. The van der Waals surface area contributed by atoms with Gasteiger partial charge in [-0.25, -0.2) is 14.2 Å². The van der Waals surface area contributed by atoms with E-state index in [1.54, 1.807) is 18.2 Å². The third kappa shape index (κ3) is 3.23. The van der Waals surface area contributed by atoms with Gasteiger partial charge in [0.25, 0.3) is 0 Å². The van der Waals surface area contributed by atoms with Crippen LogP contribution >= 0.6 is 23.1 Å². The van der Waals surface area contributed by atoms with Gasteiger partial charge in [-0.2, -0.15) is 0 Å². The predicted octanol–water partition coefficient (Wildman–Crippen LogP) is 3.48. The molecule has 0 aliphatic heterocycles. The molecular formula is C13H10FNO3S2. The SMILES string of the molecule is CC(=O)c1sc(CSc2ccccc2F)nc1C(=O)O. The number of hydrogen-bond acceptors (Lipinski definition) is 5. The van der Waals surface area contributed by atoms with Crippen LogP contribution < -0.4 is 0 Å². The molecule has 0 saturated carbocycles. The Kier molecular flexibility index (Phi) is 4.51. The minimum absolute atomic E-state index is 0.127. The van der Waals surface area contributed by atoms with Crippen molar-refractivity contribution in [2.45, 2.75) is 17.6 Å². The van der Waals surface area contributed by atoms with Crippen LogP contribution in [0.5, 0.6) is 0 Å². The number of carboxylic acid groups (broad SMARTS) is 1. The third-order valence-corrected chi connectivity index (χ3v) is 4.78. The summed E-state index contributed by atoms with van der Waals surface area (Å²) < 4.78 is 13.4. The van der Waals surface area contributed by atoms with Gasteiger partial charge in [0.15, 0.2) is 11.5 Å². The third-order valence-electron chi connectivity index (χ3n) is 2.38. The Balaban J connectivity index is 2.19. The zero-order valence-corrected chi connectivity index (χ0v) is 12.1. The van der Waals surface area contributed by atoms with Crippen molar-refractivity contribution in [1.82, 2.24) is 4.98 Å². The van der Waals surface area contributed by atoms with Crippen molar-refractivity contribution in [2.24, 2.45) is 0 Å². The van der Waals surface area contributed by atoms with E-state index in [0.717, 1.165) is 11.3 Å². The van der Waals surface area contributed by atoms with Crippen LogP contribution in [-0.4, -0.2) is 21.8 Å². The Hall–Kier alpha value is -1.73. The second-order valence-corrected chi connectivity index (χ2v) is 5.97. The van der Waals surface area contributed by atoms with Gasteiger partial charge >= 0.3 is 5.97 Å². The number of aromatic nitrogens is 1. The van der Waals surface area contributed by atoms with Crippen LogP contribution in [0.3, 0.4) is 0 Å². The highest BCUT2D eigenvalue weighted by Gasteiger charge is 2.20. The number of nitrogens with zero attached hydrogens (tertiary/aromatic N) is 1. The molecule has 1 aromatic heterocycles. The molecule has 7 heteroatoms. The van der Waals surface area contributed by atoms with E-state index in [1.807, 2.05) is 0 Å². The highest BCUT2D eigenvalue weighted by molar-refractivity contribution is 7.98. The van der Waals surface area contributed by atoms with Crippen LogP contribution in [0.25, 0.3) is 0 Å². The van der Waals surface area contributed by atoms with Crippen molar-refractivity contribution in [3.63, 3.8) is 0 Å². The van der Waals surface area contributed by atoms with Crippen LogP contribution in [0.15, 0.2) is 29.2 Å². The molecule has 0 atom stereocenters. The molecule has 0 fully saturated rings. The van der Waals surface area contributed by atoms with Crippen molar-refractivity contribution in [3.8, 4) is 0 Å². The lowest BCUT2D eigenvalue weighted by Gasteiger charge is -1.99. The summed E-state index contributed by atoms with van der Waals surface area (Å²) in [6, 6.07) is 6.31. The van der Waals surface area contributed by atoms with Crippen LogP contribution in [0.4, 0.5) is 4.39 Å². The molecule has 4 nitrogen and oxygen atoms in total. The predicted molar refractivity (Wildman–Crippen MR) is 75.0 cm³/mol. The van der Waals surface area contributed by atoms with Crippen molar-refractivity contribution in [3.05, 3.63) is 45.7 Å². The molecule has 20 heavy (non-hydrogen) atoms. The van der Waals surface area contributed by atoms with E-state index in [9.17, 15) is 14.0 Å². The fourth-order valence-electron chi connectivity index (χ4n) is 1.51. The summed E-state index contributed by atoms with van der Waals surface area (Å²) in [5, 5.41) is 9.47. The fourth-order valence-corrected chi connectivity index (χ4v) is 3.39. The number of carbonyl (C=O) groups excluding carboxylic acids is 1. The number of carboxylic acids is 1. The minimum Gasteiger partial charge on any atom is -0.476 e. The number of Topliss-reactive ketones (excluding diaryl/α,β-unsaturated/α-hetero) is 1. The number of carbonyl (C=O) groups is 2. The minimum atomic E-state index is -1.23. The van der Waals surface area contributed by atoms with Gasteiger partial charge in [0.2, 0.25) is 0 Å². The average molecular weight is 311 g/mol. The van der Waals surface area contributed by atoms with E-state index < -0.39 is 5.97 Å². The first-order valence-corrected chi connectivity index (χ1v) is 7.40. The lowest BCUT2D eigenvalue weighted by atomic mass is 10.3. The summed E-state index contributed by atoms with van der Waals surface area (Å²) in [7, 11) is 0. The van der Waals surface area contributed by atoms with Crippen LogP contribution in [0, 0.1) is 5.82 Å². The van der Waals surface area contributed by atoms with Crippen LogP contribution in [-0.2, 0) is 5.75 Å². The standard InChI is InChI=1S/C13H10FNO3S2/c1-7(16)12-11(13(17)18)15-10(20-12)6-19-9-5-3-2-4-8(9)14/h2-5H,6H2,1H3,(H,17,18). The maximum absolute atomic E-state index is 13.4. The van der Waals surface area contributed by atoms with E-state index in [-0.39, 0.29) is 22.2 Å². The largest absolute Gasteiger partial charge is 0.476 e. The topological polar surface area (TPSA) is 67.3 Å². The first kappa shape index (κ1) is 14.7. The number of thiazole rings is 1. The lowest BCUT2D eigenvalue weighted by Crippen LogP contribution is -2.03. The molecule has 0 saturated heterocycles. The molecule has 0 unspecified atom stereocenters. The van der Waals surface area contributed by atoms with Crippen molar-refractivity contribution >= 4 is 34.9 Å². The van der Waals surface area contributed by atoms with Gasteiger partial charge < -0.3 is 5.11 Å². The molecule has 104 valence electrons. The zero-order valence-electron chi connectivity index (χ0n) is 10.4. The van der Waals surface area contributed by atoms with Gasteiger partial charge in [0, 0.05) is 11.8 Å². The maximum atomic E-state index is 13.4. The summed E-state index contributed by atoms with van der Waals surface area (Å²) in [6.45, 7) is 1.30. The van der Waals surface area contributed by atoms with Crippen LogP contribution in [0.1, 0.15) is 32.1 Å². The van der Waals surface area contributed by atoms with Crippen molar-refractivity contribution in [1.29, 1.82) is 0 Å². The summed E-state index contributed by atoms with van der Waals surface area (Å²) in [5.74, 6) is -1.57. The van der Waals surface area contributed by atoms with Gasteiger partial charge in [0.1, 0.15) is 15.7 Å². The van der Waals surface area contributed by atoms with Gasteiger partial charge in [-0.1, -0.05) is 12.1 Å². The number of ketones is 1. The number of benzene rings is 1. The van der Waals surface area contributed by atoms with Gasteiger partial charge in [-0.05, 0) is 12.1 Å². The summed E-state index contributed by atoms with van der Waals surface area (Å²) >= 11 is 2.25. The van der Waals surface area contributed by atoms with E-state index in [2.05, 4.69) is 4.98 Å². The molecule has 0 radical (unpaired) electrons. The Labute approximate surface area is 122 Å². The summed E-state index contributed by atoms with van der Waals surface area (Å²) in [6.07, 6.45) is 0. The Morgan fingerprint density at radius 1 is 1.40 bits per heavy atom. The quantitative estimate of drug-likeness (QED) is 0.676. The Morgan fingerprint density at radius 2 is 2.10 bits per heavy atom. The number of halogens is 1. The number of rotatable bonds is 5. The van der Waals surface area contributed by atoms with E-state index in [0.29, 0.717) is 15.7 Å². The number of hydrogen-bond donors (Lipinski definition) is 1. The molecule has 1 aromatic carbocycles. The second kappa shape index (κ2) is 6.15. The first-order valence-electron chi connectivity index (χ1n) is 5.60. The van der Waals surface area contributed by atoms with Crippen LogP contribution in [0.2, 0.25) is 0 Å². The van der Waals surface area contributed by atoms with Crippen molar-refractivity contribution in [2.75, 3.05) is 0 Å². The van der Waals surface area contributed by atoms with Gasteiger partial charge in [0.05, 0.1) is 5.75 Å². The molecule has 1 heterocycles. The molecular weight excluding hydrogens is 301 g/mol. The summed E-state index contributed by atoms with van der Waals surface area (Å²) in [4.78, 5) is 26.9. The Bertz CT molecular complexity index is 638. The number of thioether (sulfide) groups is 1. The molecule has 0 aliphatic rings. The smallest absolute Gasteiger partial charge is 0.356 e. The lowest BCUT2D eigenvalue weighted by molar-refractivity contribution is 0.0687. The highest BCUT2D eigenvalue weighted by atomic mass is 32.2. The Morgan fingerprint density at radius 3 is 2.65 bits per heavy atom. The second-order valence-electron chi connectivity index (χ2n) is 3.87. The van der Waals surface area contributed by atoms with E-state index >= 15 is 0 Å². The zero-order chi connectivity index (χ0) is 14.7. The normalized spacial score (nSPS) is 10.5. The number of aromatic carboxylic acids is 1. The molecule has 2 rings (SSSR count). The van der Waals surface area contributed by atoms with Crippen molar-refractivity contribution < 1.29 is 19.1 Å². The van der Waals surface area contributed by atoms with E-state index in [4.69, 9.17) is 5.11 Å². The summed E-state index contributed by atoms with van der Waals surface area (Å²) in [5.41, 5.74) is -0.230. The molecule has 0 aliphatic carbocycles. The molecule has 0 bridgehead atoms. The molecule has 2 aromatic rings. The molecule has 0 amide bonds. The van der Waals surface area contributed by atoms with Gasteiger partial charge in [-0.3, -0.25) is 4.79 Å². The van der Waals surface area contributed by atoms with Gasteiger partial charge in [-0.15, -0.1) is 23.1 Å². The average Bonchev–Trinajstić information content (AvgIpc) is 2.82. The van der Waals surface area contributed by atoms with E-state index in [1.165, 1.54) is 24.8 Å². The fraction of sp³-hybridized carbons (Fsp3) is 0.154. The maximum Gasteiger partial charge on any atom is 0.356 e. The highest BCUT2D eigenvalue weighted by Crippen LogP contribution is 2.28.